The standard InChI is InChI=1S/C37H43N3O4/c1-24-11-13-30(14-12-24)27(4)39-36(42)31-19-25(2)20-32(22-31)37(43)40-34(21-28-9-7-6-8-10-28)35(41)23-38-26(3)29-15-17-33(44-5)18-16-29/h6-20,22,26-27,34-35,38,41H,21,23H2,1-5H3,(H,39,42)(H,40,43)/t26-,27-,34+,35-/m1/s1. The molecule has 44 heavy (non-hydrogen) atoms. The topological polar surface area (TPSA) is 99.7 Å². The molecule has 230 valence electrons. The Kier molecular flexibility index (Phi) is 11.3. The van der Waals surface area contributed by atoms with Crippen molar-refractivity contribution in [2.75, 3.05) is 13.7 Å². The molecule has 4 atom stereocenters. The van der Waals surface area contributed by atoms with Gasteiger partial charge in [0.25, 0.3) is 11.8 Å². The number of aryl methyl sites for hydroxylation is 2. The lowest BCUT2D eigenvalue weighted by Gasteiger charge is -2.26. The second kappa shape index (κ2) is 15.3. The fraction of sp³-hybridized carbons (Fsp3) is 0.297. The van der Waals surface area contributed by atoms with Gasteiger partial charge >= 0.3 is 0 Å². The molecule has 4 rings (SSSR count). The summed E-state index contributed by atoms with van der Waals surface area (Å²) in [6.07, 6.45) is -0.428. The van der Waals surface area contributed by atoms with Crippen molar-refractivity contribution in [1.82, 2.24) is 16.0 Å². The Labute approximate surface area is 260 Å². The van der Waals surface area contributed by atoms with Crippen molar-refractivity contribution in [1.29, 1.82) is 0 Å². The van der Waals surface area contributed by atoms with Crippen LogP contribution in [0, 0.1) is 13.8 Å². The smallest absolute Gasteiger partial charge is 0.251 e. The summed E-state index contributed by atoms with van der Waals surface area (Å²) in [5.41, 5.74) is 5.77. The van der Waals surface area contributed by atoms with Crippen LogP contribution in [0.15, 0.2) is 97.1 Å². The van der Waals surface area contributed by atoms with Crippen LogP contribution >= 0.6 is 0 Å². The van der Waals surface area contributed by atoms with Gasteiger partial charge in [0, 0.05) is 23.7 Å². The molecule has 0 saturated carbocycles. The number of aliphatic hydroxyl groups is 1. The van der Waals surface area contributed by atoms with Crippen molar-refractivity contribution in [2.45, 2.75) is 58.3 Å². The van der Waals surface area contributed by atoms with Crippen LogP contribution in [-0.2, 0) is 6.42 Å². The van der Waals surface area contributed by atoms with Gasteiger partial charge < -0.3 is 25.8 Å². The van der Waals surface area contributed by atoms with Gasteiger partial charge in [-0.3, -0.25) is 9.59 Å². The third-order valence-electron chi connectivity index (χ3n) is 7.86. The summed E-state index contributed by atoms with van der Waals surface area (Å²) in [5, 5.41) is 20.8. The van der Waals surface area contributed by atoms with Crippen LogP contribution in [0.3, 0.4) is 0 Å². The van der Waals surface area contributed by atoms with Gasteiger partial charge in [0.1, 0.15) is 5.75 Å². The molecule has 7 nitrogen and oxygen atoms in total. The average Bonchev–Trinajstić information content (AvgIpc) is 3.03. The van der Waals surface area contributed by atoms with Crippen LogP contribution in [0.4, 0.5) is 0 Å². The van der Waals surface area contributed by atoms with Crippen LogP contribution in [0.5, 0.6) is 5.75 Å². The molecule has 0 aromatic heterocycles. The van der Waals surface area contributed by atoms with E-state index in [1.54, 1.807) is 25.3 Å². The van der Waals surface area contributed by atoms with Crippen molar-refractivity contribution < 1.29 is 19.4 Å². The highest BCUT2D eigenvalue weighted by molar-refractivity contribution is 6.00. The zero-order valence-electron chi connectivity index (χ0n) is 26.1. The lowest BCUT2D eigenvalue weighted by atomic mass is 9.99. The summed E-state index contributed by atoms with van der Waals surface area (Å²) >= 11 is 0. The van der Waals surface area contributed by atoms with Crippen molar-refractivity contribution in [3.8, 4) is 5.75 Å². The fourth-order valence-electron chi connectivity index (χ4n) is 5.12. The first kappa shape index (κ1) is 32.5. The molecule has 0 aliphatic heterocycles. The normalized spacial score (nSPS) is 13.8. The average molecular weight is 594 g/mol. The maximum atomic E-state index is 13.6. The Morgan fingerprint density at radius 1 is 0.727 bits per heavy atom. The molecule has 0 radical (unpaired) electrons. The third-order valence-corrected chi connectivity index (χ3v) is 7.86. The molecular weight excluding hydrogens is 550 g/mol. The number of carbonyl (C=O) groups is 2. The Hall–Kier alpha value is -4.46. The van der Waals surface area contributed by atoms with E-state index in [-0.39, 0.29) is 30.4 Å². The quantitative estimate of drug-likeness (QED) is 0.156. The molecule has 2 amide bonds. The number of carbonyl (C=O) groups excluding carboxylic acids is 2. The lowest BCUT2D eigenvalue weighted by molar-refractivity contribution is 0.0825. The number of rotatable bonds is 13. The highest BCUT2D eigenvalue weighted by atomic mass is 16.5. The molecule has 7 heteroatoms. The molecule has 0 aliphatic carbocycles. The largest absolute Gasteiger partial charge is 0.497 e. The van der Waals surface area contributed by atoms with Gasteiger partial charge in [-0.15, -0.1) is 0 Å². The molecular formula is C37H43N3O4. The molecule has 4 N–H and O–H groups in total. The zero-order chi connectivity index (χ0) is 31.6. The highest BCUT2D eigenvalue weighted by Crippen LogP contribution is 2.19. The maximum Gasteiger partial charge on any atom is 0.251 e. The minimum atomic E-state index is -0.872. The van der Waals surface area contributed by atoms with E-state index < -0.39 is 12.1 Å². The van der Waals surface area contributed by atoms with E-state index >= 15 is 0 Å². The second-order valence-electron chi connectivity index (χ2n) is 11.4. The van der Waals surface area contributed by atoms with Gasteiger partial charge in [0.05, 0.1) is 25.3 Å². The van der Waals surface area contributed by atoms with Gasteiger partial charge in [-0.2, -0.15) is 0 Å². The summed E-state index contributed by atoms with van der Waals surface area (Å²) in [4.78, 5) is 26.8. The predicted octanol–water partition coefficient (Wildman–Crippen LogP) is 5.86. The first-order chi connectivity index (χ1) is 21.1. The molecule has 0 heterocycles. The van der Waals surface area contributed by atoms with Gasteiger partial charge in [0.15, 0.2) is 0 Å². The lowest BCUT2D eigenvalue weighted by Crippen LogP contribution is -2.49. The third kappa shape index (κ3) is 9.02. The van der Waals surface area contributed by atoms with Gasteiger partial charge in [-0.05, 0) is 86.7 Å². The molecule has 0 saturated heterocycles. The molecule has 0 bridgehead atoms. The monoisotopic (exact) mass is 593 g/mol. The molecule has 0 aliphatic rings. The first-order valence-corrected chi connectivity index (χ1v) is 15.0. The van der Waals surface area contributed by atoms with Crippen LogP contribution in [0.1, 0.15) is 74.5 Å². The van der Waals surface area contributed by atoms with E-state index in [0.717, 1.165) is 33.6 Å². The molecule has 0 unspecified atom stereocenters. The van der Waals surface area contributed by atoms with Crippen molar-refractivity contribution in [2.24, 2.45) is 0 Å². The number of ether oxygens (including phenoxy) is 1. The van der Waals surface area contributed by atoms with Crippen molar-refractivity contribution in [3.63, 3.8) is 0 Å². The summed E-state index contributed by atoms with van der Waals surface area (Å²) in [6, 6.07) is 29.9. The first-order valence-electron chi connectivity index (χ1n) is 15.0. The van der Waals surface area contributed by atoms with E-state index in [2.05, 4.69) is 16.0 Å². The SMILES string of the molecule is COc1ccc([C@@H](C)NC[C@@H](O)[C@H](Cc2ccccc2)NC(=O)c2cc(C)cc(C(=O)N[C@H](C)c3ccc(C)cc3)c2)cc1. The van der Waals surface area contributed by atoms with Gasteiger partial charge in [-0.25, -0.2) is 0 Å². The van der Waals surface area contributed by atoms with Crippen molar-refractivity contribution >= 4 is 11.8 Å². The van der Waals surface area contributed by atoms with Crippen LogP contribution in [-0.4, -0.2) is 42.7 Å². The number of hydrogen-bond donors (Lipinski definition) is 4. The number of benzene rings is 4. The van der Waals surface area contributed by atoms with Gasteiger partial charge in [-0.1, -0.05) is 72.3 Å². The van der Waals surface area contributed by atoms with Gasteiger partial charge in [0.2, 0.25) is 0 Å². The molecule has 0 spiro atoms. The Bertz CT molecular complexity index is 1520. The summed E-state index contributed by atoms with van der Waals surface area (Å²) in [6.45, 7) is 8.11. The Morgan fingerprint density at radius 3 is 1.91 bits per heavy atom. The Balaban J connectivity index is 1.46. The fourth-order valence-corrected chi connectivity index (χ4v) is 5.12. The number of amides is 2. The molecule has 4 aromatic rings. The highest BCUT2D eigenvalue weighted by Gasteiger charge is 2.24. The van der Waals surface area contributed by atoms with Crippen LogP contribution in [0.25, 0.3) is 0 Å². The molecule has 0 fully saturated rings. The maximum absolute atomic E-state index is 13.6. The van der Waals surface area contributed by atoms with E-state index in [1.165, 1.54) is 0 Å². The summed E-state index contributed by atoms with van der Waals surface area (Å²) < 4.78 is 5.25. The molecule has 4 aromatic carbocycles. The summed E-state index contributed by atoms with van der Waals surface area (Å²) in [7, 11) is 1.63. The predicted molar refractivity (Wildman–Crippen MR) is 175 cm³/mol. The number of methoxy groups -OCH3 is 1. The zero-order valence-corrected chi connectivity index (χ0v) is 26.1. The number of hydrogen-bond acceptors (Lipinski definition) is 5. The summed E-state index contributed by atoms with van der Waals surface area (Å²) in [5.74, 6) is 0.176. The van der Waals surface area contributed by atoms with E-state index in [0.29, 0.717) is 17.5 Å². The van der Waals surface area contributed by atoms with E-state index in [1.807, 2.05) is 107 Å². The minimum absolute atomic E-state index is 0.0243. The van der Waals surface area contributed by atoms with Crippen molar-refractivity contribution in [3.05, 3.63) is 136 Å². The van der Waals surface area contributed by atoms with E-state index in [9.17, 15) is 14.7 Å². The number of aliphatic hydroxyl groups excluding tert-OH is 1. The van der Waals surface area contributed by atoms with Crippen LogP contribution < -0.4 is 20.7 Å². The minimum Gasteiger partial charge on any atom is -0.497 e. The second-order valence-corrected chi connectivity index (χ2v) is 11.4. The Morgan fingerprint density at radius 2 is 1.30 bits per heavy atom. The number of nitrogens with one attached hydrogen (secondary N) is 3. The van der Waals surface area contributed by atoms with E-state index in [4.69, 9.17) is 4.74 Å². The van der Waals surface area contributed by atoms with Crippen LogP contribution in [0.2, 0.25) is 0 Å².